The molecule has 0 bridgehead atoms. The molecule has 2 heterocycles. The first-order chi connectivity index (χ1) is 31.5. The number of rotatable bonds is 21. The van der Waals surface area contributed by atoms with Crippen LogP contribution >= 0.6 is 34.8 Å². The molecule has 2 aliphatic rings. The van der Waals surface area contributed by atoms with Crippen molar-refractivity contribution in [1.29, 1.82) is 0 Å². The highest BCUT2D eigenvalue weighted by atomic mass is 35.6. The number of amides is 3. The number of carbonyl (C=O) groups excluding carboxylic acids is 10. The highest BCUT2D eigenvalue weighted by Gasteiger charge is 2.60. The molecule has 2 rings (SSSR count). The van der Waals surface area contributed by atoms with Crippen LogP contribution in [0.5, 0.6) is 0 Å². The molecule has 0 aliphatic carbocycles. The average molecular weight is 1040 g/mol. The van der Waals surface area contributed by atoms with Crippen LogP contribution in [0.4, 0.5) is 4.79 Å². The largest absolute Gasteiger partial charge is 0.480 e. The Kier molecular flexibility index (Phi) is 22.9. The third-order valence-corrected chi connectivity index (χ3v) is 9.31. The minimum atomic E-state index is -2.87. The molecule has 0 unspecified atom stereocenters. The maximum atomic E-state index is 14.1. The Morgan fingerprint density at radius 3 is 1.76 bits per heavy atom. The van der Waals surface area contributed by atoms with Gasteiger partial charge in [0.2, 0.25) is 15.6 Å². The van der Waals surface area contributed by atoms with E-state index in [0.29, 0.717) is 0 Å². The molecular formula is C38H52Cl3N3O24. The Labute approximate surface area is 402 Å². The van der Waals surface area contributed by atoms with E-state index in [1.54, 1.807) is 0 Å². The van der Waals surface area contributed by atoms with Crippen LogP contribution in [0.2, 0.25) is 0 Å². The number of hydrogen-bond donors (Lipinski definition) is 4. The molecule has 68 heavy (non-hydrogen) atoms. The maximum absolute atomic E-state index is 14.1. The van der Waals surface area contributed by atoms with E-state index in [1.807, 2.05) is 5.32 Å². The van der Waals surface area contributed by atoms with Crippen LogP contribution in [0, 0.1) is 0 Å². The molecule has 0 aromatic heterocycles. The van der Waals surface area contributed by atoms with Crippen molar-refractivity contribution in [2.45, 2.75) is 139 Å². The van der Waals surface area contributed by atoms with Crippen molar-refractivity contribution in [3.05, 3.63) is 0 Å². The quantitative estimate of drug-likeness (QED) is 0.0620. The first kappa shape index (κ1) is 58.8. The molecule has 27 nitrogen and oxygen atoms in total. The van der Waals surface area contributed by atoms with Crippen LogP contribution < -0.4 is 16.0 Å². The second-order valence-corrected chi connectivity index (χ2v) is 17.2. The summed E-state index contributed by atoms with van der Waals surface area (Å²) in [6.45, 7) is 4.10. The molecule has 0 saturated carbocycles. The molecule has 2 aliphatic heterocycles. The van der Waals surface area contributed by atoms with Crippen LogP contribution in [0.15, 0.2) is 0 Å². The van der Waals surface area contributed by atoms with E-state index in [-0.39, 0.29) is 0 Å². The number of carbonyl (C=O) groups is 11. The van der Waals surface area contributed by atoms with Gasteiger partial charge in [-0.3, -0.25) is 38.4 Å². The molecule has 0 aromatic rings. The van der Waals surface area contributed by atoms with Crippen molar-refractivity contribution in [3.8, 4) is 0 Å². The Hall–Kier alpha value is -5.32. The predicted molar refractivity (Wildman–Crippen MR) is 221 cm³/mol. The van der Waals surface area contributed by atoms with Crippen molar-refractivity contribution in [2.75, 3.05) is 33.5 Å². The Bertz CT molecular complexity index is 1880. The molecule has 2 fully saturated rings. The van der Waals surface area contributed by atoms with Gasteiger partial charge in [-0.2, -0.15) is 0 Å². The first-order valence-corrected chi connectivity index (χ1v) is 21.1. The molecule has 0 aromatic carbocycles. The van der Waals surface area contributed by atoms with Gasteiger partial charge in [-0.15, -0.1) is 0 Å². The number of methoxy groups -OCH3 is 1. The normalized spacial score (nSPS) is 25.8. The van der Waals surface area contributed by atoms with E-state index in [9.17, 15) is 57.8 Å². The molecule has 30 heteroatoms. The Morgan fingerprint density at radius 1 is 0.721 bits per heavy atom. The Balaban J connectivity index is 2.86. The fourth-order valence-corrected chi connectivity index (χ4v) is 6.86. The lowest BCUT2D eigenvalue weighted by Gasteiger charge is -2.49. The number of alkyl carbamates (subject to hydrolysis) is 1. The minimum Gasteiger partial charge on any atom is -0.480 e. The van der Waals surface area contributed by atoms with E-state index < -0.39 is 175 Å². The topological polar surface area (TPSA) is 355 Å². The van der Waals surface area contributed by atoms with Crippen molar-refractivity contribution < 1.29 is 115 Å². The van der Waals surface area contributed by atoms with E-state index >= 15 is 0 Å². The van der Waals surface area contributed by atoms with Gasteiger partial charge in [0, 0.05) is 55.4 Å². The number of esters is 7. The molecular weight excluding hydrogens is 989 g/mol. The van der Waals surface area contributed by atoms with Gasteiger partial charge < -0.3 is 77.9 Å². The van der Waals surface area contributed by atoms with Gasteiger partial charge >= 0.3 is 53.8 Å². The molecule has 0 spiro atoms. The standard InChI is InChI=1S/C38H52Cl3N3O24/c1-15(45)42-27-24(62-18(4)48)10-37(35(55)57-9,68-32(27)30(65-21(7)51)25(63-19(5)49)12-58-17(3)47)61-13-26-29(64-20(6)50)31(66-22(8)52)28(43-16(2)46)34(67-26)59-11-23(33(53)54)44-36(56)60-14-38(39,40)41/h23-32,34H,10-14H2,1-9H3,(H,42,45)(H,43,46)(H,44,56)(H,53,54)/t23-,24-,25+,26+,27+,28+,29-,30+,31+,32+,34-,37+/m0/s1. The lowest BCUT2D eigenvalue weighted by Crippen LogP contribution is -2.70. The van der Waals surface area contributed by atoms with E-state index in [4.69, 9.17) is 91.6 Å². The van der Waals surface area contributed by atoms with Crippen molar-refractivity contribution in [3.63, 3.8) is 0 Å². The summed E-state index contributed by atoms with van der Waals surface area (Å²) in [7, 11) is 0.871. The van der Waals surface area contributed by atoms with Gasteiger partial charge in [-0.05, 0) is 0 Å². The van der Waals surface area contributed by atoms with Gasteiger partial charge in [0.1, 0.15) is 37.6 Å². The zero-order valence-electron chi connectivity index (χ0n) is 37.9. The highest BCUT2D eigenvalue weighted by molar-refractivity contribution is 6.67. The summed E-state index contributed by atoms with van der Waals surface area (Å²) in [5, 5.41) is 16.8. The second-order valence-electron chi connectivity index (χ2n) is 14.7. The monoisotopic (exact) mass is 1040 g/mol. The number of hydrogen-bond acceptors (Lipinski definition) is 23. The number of halogens is 3. The number of carboxylic acid groups (broad SMARTS) is 1. The smallest absolute Gasteiger partial charge is 0.408 e. The van der Waals surface area contributed by atoms with Crippen molar-refractivity contribution in [2.24, 2.45) is 0 Å². The van der Waals surface area contributed by atoms with E-state index in [0.717, 1.165) is 62.5 Å². The molecule has 4 N–H and O–H groups in total. The molecule has 2 saturated heterocycles. The fraction of sp³-hybridized carbons (Fsp3) is 0.711. The van der Waals surface area contributed by atoms with Crippen LogP contribution in [0.25, 0.3) is 0 Å². The number of nitrogens with one attached hydrogen (secondary N) is 3. The molecule has 12 atom stereocenters. The van der Waals surface area contributed by atoms with Gasteiger partial charge in [-0.25, -0.2) is 14.4 Å². The summed E-state index contributed by atoms with van der Waals surface area (Å²) in [5.74, 6) is -13.7. The van der Waals surface area contributed by atoms with Crippen LogP contribution in [0.3, 0.4) is 0 Å². The lowest BCUT2D eigenvalue weighted by atomic mass is 9.87. The van der Waals surface area contributed by atoms with Crippen LogP contribution in [-0.2, 0) is 105 Å². The second kappa shape index (κ2) is 26.4. The summed E-state index contributed by atoms with van der Waals surface area (Å²) in [6, 6.07) is -5.21. The summed E-state index contributed by atoms with van der Waals surface area (Å²) < 4.78 is 64.4. The van der Waals surface area contributed by atoms with Gasteiger partial charge in [0.15, 0.2) is 36.7 Å². The van der Waals surface area contributed by atoms with Gasteiger partial charge in [0.25, 0.3) is 5.79 Å². The maximum Gasteiger partial charge on any atom is 0.408 e. The average Bonchev–Trinajstić information content (AvgIpc) is 3.19. The van der Waals surface area contributed by atoms with Gasteiger partial charge in [0.05, 0.1) is 32.8 Å². The summed E-state index contributed by atoms with van der Waals surface area (Å²) in [6.07, 6.45) is -17.0. The molecule has 0 radical (unpaired) electrons. The number of ether oxygens (including phenoxy) is 12. The SMILES string of the molecule is COC(=O)[C@@]1(OC[C@H]2O[C@H](OC[C@H](NC(=O)OCC(Cl)(Cl)Cl)C(=O)O)[C@H](NC(C)=O)[C@@H](OC(C)=O)[C@H]2OC(C)=O)C[C@H](OC(C)=O)[C@@H](NC(C)=O)[C@H]([C@H](OC(C)=O)[C@@H](COC(C)=O)OC(C)=O)O1. The molecule has 3 amide bonds. The summed E-state index contributed by atoms with van der Waals surface area (Å²) in [4.78, 5) is 139. The molecule has 384 valence electrons. The zero-order valence-corrected chi connectivity index (χ0v) is 40.1. The Morgan fingerprint density at radius 2 is 1.28 bits per heavy atom. The third-order valence-electron chi connectivity index (χ3n) is 8.98. The van der Waals surface area contributed by atoms with Crippen LogP contribution in [-0.4, -0.2) is 181 Å². The third kappa shape index (κ3) is 19.0. The fourth-order valence-electron chi connectivity index (χ4n) is 6.70. The minimum absolute atomic E-state index is 0.797. The lowest BCUT2D eigenvalue weighted by molar-refractivity contribution is -0.333. The summed E-state index contributed by atoms with van der Waals surface area (Å²) in [5.41, 5.74) is 0. The van der Waals surface area contributed by atoms with Crippen molar-refractivity contribution in [1.82, 2.24) is 16.0 Å². The number of alkyl halides is 3. The first-order valence-electron chi connectivity index (χ1n) is 19.9. The number of aliphatic carboxylic acids is 1. The zero-order chi connectivity index (χ0) is 51.8. The van der Waals surface area contributed by atoms with Gasteiger partial charge in [-0.1, -0.05) is 34.8 Å². The van der Waals surface area contributed by atoms with E-state index in [2.05, 4.69) is 10.6 Å². The summed E-state index contributed by atoms with van der Waals surface area (Å²) >= 11 is 16.8. The van der Waals surface area contributed by atoms with Crippen molar-refractivity contribution >= 4 is 100 Å². The number of carboxylic acids is 1. The highest BCUT2D eigenvalue weighted by Crippen LogP contribution is 2.38. The predicted octanol–water partition coefficient (Wildman–Crippen LogP) is -0.817. The van der Waals surface area contributed by atoms with Crippen LogP contribution in [0.1, 0.15) is 61.8 Å². The van der Waals surface area contributed by atoms with E-state index in [1.165, 1.54) is 0 Å².